The van der Waals surface area contributed by atoms with Gasteiger partial charge in [-0.2, -0.15) is 0 Å². The van der Waals surface area contributed by atoms with Crippen LogP contribution in [0.1, 0.15) is 21.1 Å². The maximum Gasteiger partial charge on any atom is 0.275 e. The average molecular weight is 404 g/mol. The second-order valence-corrected chi connectivity index (χ2v) is 6.88. The van der Waals surface area contributed by atoms with E-state index in [1.54, 1.807) is 12.5 Å². The van der Waals surface area contributed by atoms with E-state index < -0.39 is 10.8 Å². The smallest absolute Gasteiger partial charge is 0.275 e. The monoisotopic (exact) mass is 403 g/mol. The Labute approximate surface area is 163 Å². The van der Waals surface area contributed by atoms with Gasteiger partial charge in [-0.3, -0.25) is 14.9 Å². The molecule has 0 saturated heterocycles. The molecule has 1 N–H and O–H groups in total. The fourth-order valence-corrected chi connectivity index (χ4v) is 3.35. The molecule has 2 aromatic carbocycles. The summed E-state index contributed by atoms with van der Waals surface area (Å²) in [5.41, 5.74) is 1.46. The topological polar surface area (TPSA) is 94.4 Å². The van der Waals surface area contributed by atoms with Crippen molar-refractivity contribution in [2.45, 2.75) is 6.42 Å². The van der Waals surface area contributed by atoms with Gasteiger partial charge in [0.2, 0.25) is 0 Å². The van der Waals surface area contributed by atoms with E-state index in [0.717, 1.165) is 16.3 Å². The van der Waals surface area contributed by atoms with Gasteiger partial charge in [0.15, 0.2) is 0 Å². The van der Waals surface area contributed by atoms with Gasteiger partial charge in [-0.25, -0.2) is 4.98 Å². The van der Waals surface area contributed by atoms with Gasteiger partial charge in [-0.1, -0.05) is 23.7 Å². The van der Waals surface area contributed by atoms with Gasteiger partial charge in [0, 0.05) is 23.9 Å². The summed E-state index contributed by atoms with van der Waals surface area (Å²) in [7, 11) is 1.61. The van der Waals surface area contributed by atoms with Gasteiger partial charge >= 0.3 is 0 Å². The highest BCUT2D eigenvalue weighted by atomic mass is 35.5. The highest BCUT2D eigenvalue weighted by molar-refractivity contribution is 7.09. The number of nitrogens with one attached hydrogen (secondary N) is 1. The molecular formula is C18H14ClN3O4S. The number of non-ortho nitro benzene ring substituents is 1. The summed E-state index contributed by atoms with van der Waals surface area (Å²) >= 11 is 7.37. The molecule has 0 unspecified atom stereocenters. The fraction of sp³-hybridized carbons (Fsp3) is 0.111. The molecule has 0 spiro atoms. The second kappa shape index (κ2) is 8.15. The summed E-state index contributed by atoms with van der Waals surface area (Å²) in [5, 5.41) is 15.9. The Hall–Kier alpha value is -2.97. The molecule has 3 aromatic rings. The maximum atomic E-state index is 12.4. The molecule has 0 aliphatic heterocycles. The van der Waals surface area contributed by atoms with Crippen molar-refractivity contribution in [1.82, 2.24) is 4.98 Å². The number of aromatic nitrogens is 1. The summed E-state index contributed by atoms with van der Waals surface area (Å²) in [4.78, 5) is 26.9. The van der Waals surface area contributed by atoms with Gasteiger partial charge in [-0.05, 0) is 23.8 Å². The predicted octanol–water partition coefficient (Wildman–Crippen LogP) is 4.56. The molecule has 138 valence electrons. The number of hydrogen-bond acceptors (Lipinski definition) is 6. The van der Waals surface area contributed by atoms with E-state index in [1.807, 2.05) is 24.3 Å². The molecule has 0 bridgehead atoms. The largest absolute Gasteiger partial charge is 0.497 e. The number of thiazole rings is 1. The van der Waals surface area contributed by atoms with Crippen molar-refractivity contribution in [3.8, 4) is 5.75 Å². The van der Waals surface area contributed by atoms with Crippen LogP contribution in [0.2, 0.25) is 5.02 Å². The third kappa shape index (κ3) is 4.60. The van der Waals surface area contributed by atoms with E-state index in [2.05, 4.69) is 10.3 Å². The van der Waals surface area contributed by atoms with Gasteiger partial charge in [0.25, 0.3) is 11.6 Å². The number of nitro groups is 1. The molecule has 0 saturated carbocycles. The van der Waals surface area contributed by atoms with E-state index >= 15 is 0 Å². The molecule has 0 fully saturated rings. The van der Waals surface area contributed by atoms with Crippen molar-refractivity contribution < 1.29 is 14.5 Å². The van der Waals surface area contributed by atoms with Crippen LogP contribution in [0.25, 0.3) is 0 Å². The lowest BCUT2D eigenvalue weighted by atomic mass is 10.1. The molecule has 7 nitrogen and oxygen atoms in total. The molecular weight excluding hydrogens is 390 g/mol. The van der Waals surface area contributed by atoms with Crippen LogP contribution in [0.4, 0.5) is 11.4 Å². The first-order valence-corrected chi connectivity index (χ1v) is 9.04. The van der Waals surface area contributed by atoms with Crippen molar-refractivity contribution in [2.24, 2.45) is 0 Å². The molecule has 9 heteroatoms. The third-order valence-electron chi connectivity index (χ3n) is 3.71. The zero-order chi connectivity index (χ0) is 19.4. The quantitative estimate of drug-likeness (QED) is 0.481. The number of hydrogen-bond donors (Lipinski definition) is 1. The van der Waals surface area contributed by atoms with Crippen LogP contribution in [-0.2, 0) is 6.42 Å². The number of ether oxygens (including phenoxy) is 1. The van der Waals surface area contributed by atoms with Gasteiger partial charge in [0.05, 0.1) is 27.8 Å². The second-order valence-electron chi connectivity index (χ2n) is 5.53. The first kappa shape index (κ1) is 18.8. The standard InChI is InChI=1S/C18H14ClN3O4S/c1-26-13-5-2-11(3-6-13)8-17-20-16(10-27-17)18(23)21-15-7-4-12(22(24)25)9-14(15)19/h2-7,9-10H,8H2,1H3,(H,21,23). The number of halogens is 1. The van der Waals surface area contributed by atoms with Crippen molar-refractivity contribution in [1.29, 1.82) is 0 Å². The lowest BCUT2D eigenvalue weighted by molar-refractivity contribution is -0.384. The maximum absolute atomic E-state index is 12.4. The summed E-state index contributed by atoms with van der Waals surface area (Å²) in [6, 6.07) is 11.5. The molecule has 0 aliphatic carbocycles. The molecule has 0 atom stereocenters. The minimum absolute atomic E-state index is 0.0891. The SMILES string of the molecule is COc1ccc(Cc2nc(C(=O)Nc3ccc([N+](=O)[O-])cc3Cl)cs2)cc1. The van der Waals surface area contributed by atoms with Gasteiger partial charge < -0.3 is 10.1 Å². The number of carbonyl (C=O) groups is 1. The fourth-order valence-electron chi connectivity index (χ4n) is 2.32. The van der Waals surface area contributed by atoms with Gasteiger partial charge in [-0.15, -0.1) is 11.3 Å². The number of anilines is 1. The minimum atomic E-state index is -0.552. The average Bonchev–Trinajstić information content (AvgIpc) is 3.12. The van der Waals surface area contributed by atoms with E-state index in [1.165, 1.54) is 29.5 Å². The Morgan fingerprint density at radius 2 is 2.04 bits per heavy atom. The summed E-state index contributed by atoms with van der Waals surface area (Å²) < 4.78 is 5.13. The normalized spacial score (nSPS) is 10.4. The van der Waals surface area contributed by atoms with Crippen LogP contribution in [-0.4, -0.2) is 22.9 Å². The Morgan fingerprint density at radius 1 is 1.30 bits per heavy atom. The molecule has 1 aromatic heterocycles. The van der Waals surface area contributed by atoms with E-state index in [9.17, 15) is 14.9 Å². The lowest BCUT2D eigenvalue weighted by Gasteiger charge is -2.05. The number of rotatable bonds is 6. The molecule has 27 heavy (non-hydrogen) atoms. The van der Waals surface area contributed by atoms with Crippen LogP contribution in [0, 0.1) is 10.1 Å². The molecule has 1 heterocycles. The van der Waals surface area contributed by atoms with Crippen LogP contribution in [0.15, 0.2) is 47.8 Å². The third-order valence-corrected chi connectivity index (χ3v) is 4.87. The van der Waals surface area contributed by atoms with Crippen molar-refractivity contribution in [3.63, 3.8) is 0 Å². The van der Waals surface area contributed by atoms with Crippen molar-refractivity contribution in [3.05, 3.63) is 79.2 Å². The lowest BCUT2D eigenvalue weighted by Crippen LogP contribution is -2.12. The summed E-state index contributed by atoms with van der Waals surface area (Å²) in [6.07, 6.45) is 0.597. The minimum Gasteiger partial charge on any atom is -0.497 e. The number of carbonyl (C=O) groups excluding carboxylic acids is 1. The molecule has 0 aliphatic rings. The Morgan fingerprint density at radius 3 is 2.67 bits per heavy atom. The molecule has 0 radical (unpaired) electrons. The number of benzene rings is 2. The number of amides is 1. The highest BCUT2D eigenvalue weighted by Gasteiger charge is 2.15. The highest BCUT2D eigenvalue weighted by Crippen LogP contribution is 2.27. The first-order valence-electron chi connectivity index (χ1n) is 7.79. The van der Waals surface area contributed by atoms with Crippen LogP contribution in [0.3, 0.4) is 0 Å². The Kier molecular flexibility index (Phi) is 5.68. The van der Waals surface area contributed by atoms with Crippen LogP contribution >= 0.6 is 22.9 Å². The predicted molar refractivity (Wildman–Crippen MR) is 104 cm³/mol. The molecule has 3 rings (SSSR count). The van der Waals surface area contributed by atoms with Crippen LogP contribution in [0.5, 0.6) is 5.75 Å². The van der Waals surface area contributed by atoms with Gasteiger partial charge in [0.1, 0.15) is 11.4 Å². The number of methoxy groups -OCH3 is 1. The van der Waals surface area contributed by atoms with E-state index in [4.69, 9.17) is 16.3 Å². The number of nitro benzene ring substituents is 1. The zero-order valence-electron chi connectivity index (χ0n) is 14.1. The van der Waals surface area contributed by atoms with Crippen molar-refractivity contribution in [2.75, 3.05) is 12.4 Å². The van der Waals surface area contributed by atoms with E-state index in [-0.39, 0.29) is 22.1 Å². The summed E-state index contributed by atoms with van der Waals surface area (Å²) in [5.74, 6) is 0.348. The van der Waals surface area contributed by atoms with Crippen molar-refractivity contribution >= 4 is 40.2 Å². The summed E-state index contributed by atoms with van der Waals surface area (Å²) in [6.45, 7) is 0. The zero-order valence-corrected chi connectivity index (χ0v) is 15.7. The Bertz CT molecular complexity index is 989. The Balaban J connectivity index is 1.68. The first-order chi connectivity index (χ1) is 13.0. The molecule has 1 amide bonds. The number of nitrogens with zero attached hydrogens (tertiary/aromatic N) is 2. The van der Waals surface area contributed by atoms with Crippen LogP contribution < -0.4 is 10.1 Å². The van der Waals surface area contributed by atoms with E-state index in [0.29, 0.717) is 6.42 Å².